The Balaban J connectivity index is 0.00000320. The highest BCUT2D eigenvalue weighted by atomic mass is 127. The largest absolute Gasteiger partial charge is 0.356 e. The number of carbonyl (C=O) groups excluding carboxylic acids is 1. The van der Waals surface area contributed by atoms with Crippen molar-refractivity contribution in [3.8, 4) is 0 Å². The Morgan fingerprint density at radius 3 is 2.37 bits per heavy atom. The summed E-state index contributed by atoms with van der Waals surface area (Å²) in [7, 11) is 1.78. The highest BCUT2D eigenvalue weighted by Gasteiger charge is 2.17. The van der Waals surface area contributed by atoms with Crippen LogP contribution in [0.15, 0.2) is 64.5 Å². The van der Waals surface area contributed by atoms with Crippen molar-refractivity contribution in [2.75, 3.05) is 32.4 Å². The van der Waals surface area contributed by atoms with Crippen LogP contribution < -0.4 is 10.6 Å². The summed E-state index contributed by atoms with van der Waals surface area (Å²) in [5, 5.41) is 6.67. The van der Waals surface area contributed by atoms with Gasteiger partial charge in [-0.3, -0.25) is 9.79 Å². The number of halogens is 1. The quantitative estimate of drug-likeness (QED) is 0.181. The summed E-state index contributed by atoms with van der Waals surface area (Å²) in [4.78, 5) is 20.1. The predicted octanol–water partition coefficient (Wildman–Crippen LogP) is 4.39. The number of rotatable bonds is 7. The molecule has 2 aromatic carbocycles. The van der Waals surface area contributed by atoms with E-state index >= 15 is 0 Å². The van der Waals surface area contributed by atoms with Crippen LogP contribution >= 0.6 is 35.7 Å². The first-order chi connectivity index (χ1) is 14.3. The number of benzene rings is 2. The molecule has 1 aliphatic rings. The van der Waals surface area contributed by atoms with Crippen molar-refractivity contribution >= 4 is 47.6 Å². The fourth-order valence-corrected chi connectivity index (χ4v) is 4.10. The van der Waals surface area contributed by atoms with E-state index in [2.05, 4.69) is 39.9 Å². The molecule has 2 aromatic rings. The van der Waals surface area contributed by atoms with E-state index in [4.69, 9.17) is 0 Å². The molecule has 0 aromatic heterocycles. The van der Waals surface area contributed by atoms with E-state index in [9.17, 15) is 4.79 Å². The van der Waals surface area contributed by atoms with Crippen LogP contribution in [-0.4, -0.2) is 49.2 Å². The smallest absolute Gasteiger partial charge is 0.253 e. The van der Waals surface area contributed by atoms with E-state index in [1.54, 1.807) is 7.05 Å². The van der Waals surface area contributed by atoms with Crippen molar-refractivity contribution in [3.05, 3.63) is 65.7 Å². The van der Waals surface area contributed by atoms with Gasteiger partial charge in [0, 0.05) is 49.4 Å². The molecule has 5 nitrogen and oxygen atoms in total. The molecule has 7 heteroatoms. The highest BCUT2D eigenvalue weighted by Crippen LogP contribution is 2.16. The molecular formula is C23H31IN4OS. The molecule has 1 amide bonds. The molecule has 1 heterocycles. The zero-order chi connectivity index (χ0) is 20.3. The second kappa shape index (κ2) is 13.5. The predicted molar refractivity (Wildman–Crippen MR) is 137 cm³/mol. The maximum Gasteiger partial charge on any atom is 0.253 e. The third-order valence-electron chi connectivity index (χ3n) is 4.93. The number of guanidine groups is 1. The van der Waals surface area contributed by atoms with Crippen molar-refractivity contribution in [3.63, 3.8) is 0 Å². The van der Waals surface area contributed by atoms with Crippen LogP contribution in [0.4, 0.5) is 0 Å². The normalized spacial score (nSPS) is 14.0. The van der Waals surface area contributed by atoms with Gasteiger partial charge in [0.1, 0.15) is 0 Å². The third-order valence-corrected chi connectivity index (χ3v) is 5.95. The molecule has 162 valence electrons. The zero-order valence-corrected chi connectivity index (χ0v) is 20.6. The van der Waals surface area contributed by atoms with Crippen molar-refractivity contribution in [1.82, 2.24) is 15.5 Å². The lowest BCUT2D eigenvalue weighted by Crippen LogP contribution is -2.38. The van der Waals surface area contributed by atoms with E-state index < -0.39 is 0 Å². The Morgan fingerprint density at radius 2 is 1.70 bits per heavy atom. The molecule has 1 fully saturated rings. The maximum absolute atomic E-state index is 12.6. The lowest BCUT2D eigenvalue weighted by molar-refractivity contribution is 0.0724. The van der Waals surface area contributed by atoms with Crippen LogP contribution in [0, 0.1) is 0 Å². The molecule has 0 bridgehead atoms. The van der Waals surface area contributed by atoms with E-state index in [-0.39, 0.29) is 29.9 Å². The van der Waals surface area contributed by atoms with Gasteiger partial charge < -0.3 is 15.5 Å². The molecule has 2 N–H and O–H groups in total. The van der Waals surface area contributed by atoms with Gasteiger partial charge >= 0.3 is 0 Å². The van der Waals surface area contributed by atoms with Crippen LogP contribution in [0.1, 0.15) is 35.2 Å². The first-order valence-electron chi connectivity index (χ1n) is 10.3. The maximum atomic E-state index is 12.6. The average Bonchev–Trinajstić information content (AvgIpc) is 2.80. The van der Waals surface area contributed by atoms with Crippen molar-refractivity contribution in [2.45, 2.75) is 30.7 Å². The van der Waals surface area contributed by atoms with Gasteiger partial charge in [0.25, 0.3) is 5.91 Å². The number of amides is 1. The van der Waals surface area contributed by atoms with Crippen LogP contribution in [0.2, 0.25) is 0 Å². The number of piperidine rings is 1. The summed E-state index contributed by atoms with van der Waals surface area (Å²) in [6, 6.07) is 18.3. The average molecular weight is 538 g/mol. The Bertz CT molecular complexity index is 793. The molecule has 0 saturated carbocycles. The monoisotopic (exact) mass is 538 g/mol. The second-order valence-corrected chi connectivity index (χ2v) is 8.23. The summed E-state index contributed by atoms with van der Waals surface area (Å²) in [6.07, 6.45) is 3.46. The van der Waals surface area contributed by atoms with E-state index in [0.717, 1.165) is 55.3 Å². The van der Waals surface area contributed by atoms with E-state index in [0.29, 0.717) is 6.54 Å². The Kier molecular flexibility index (Phi) is 11.1. The van der Waals surface area contributed by atoms with Crippen LogP contribution in [-0.2, 0) is 6.54 Å². The van der Waals surface area contributed by atoms with Crippen molar-refractivity contribution < 1.29 is 4.79 Å². The number of nitrogens with one attached hydrogen (secondary N) is 2. The number of hydrogen-bond acceptors (Lipinski definition) is 3. The molecule has 0 spiro atoms. The van der Waals surface area contributed by atoms with Crippen LogP contribution in [0.5, 0.6) is 0 Å². The molecule has 0 aliphatic carbocycles. The summed E-state index contributed by atoms with van der Waals surface area (Å²) >= 11 is 1.82. The van der Waals surface area contributed by atoms with Gasteiger partial charge in [-0.1, -0.05) is 30.3 Å². The third kappa shape index (κ3) is 7.83. The fourth-order valence-electron chi connectivity index (χ4n) is 3.31. The molecule has 1 saturated heterocycles. The minimum atomic E-state index is 0. The standard InChI is InChI=1S/C23H30N4OS.HI/c1-24-23(25-14-17-29-21-8-4-2-5-9-21)26-18-19-10-12-20(13-11-19)22(28)27-15-6-3-7-16-27;/h2,4-5,8-13H,3,6-7,14-18H2,1H3,(H2,24,25,26);1H. The first kappa shape index (κ1) is 24.5. The number of carbonyl (C=O) groups is 1. The molecule has 0 radical (unpaired) electrons. The summed E-state index contributed by atoms with van der Waals surface area (Å²) < 4.78 is 0. The number of nitrogens with zero attached hydrogens (tertiary/aromatic N) is 2. The molecule has 1 aliphatic heterocycles. The SMILES string of the molecule is CN=C(NCCSc1ccccc1)NCc1ccc(C(=O)N2CCCCC2)cc1.I. The first-order valence-corrected chi connectivity index (χ1v) is 11.3. The van der Waals surface area contributed by atoms with Gasteiger partial charge in [-0.25, -0.2) is 0 Å². The van der Waals surface area contributed by atoms with Crippen LogP contribution in [0.25, 0.3) is 0 Å². The second-order valence-electron chi connectivity index (χ2n) is 7.06. The number of aliphatic imine (C=N–C) groups is 1. The minimum absolute atomic E-state index is 0. The van der Waals surface area contributed by atoms with E-state index in [1.807, 2.05) is 47.0 Å². The Labute approximate surface area is 201 Å². The zero-order valence-electron chi connectivity index (χ0n) is 17.5. The Morgan fingerprint density at radius 1 is 1.00 bits per heavy atom. The molecule has 0 atom stereocenters. The van der Waals surface area contributed by atoms with Gasteiger partial charge in [-0.15, -0.1) is 35.7 Å². The number of likely N-dealkylation sites (tertiary alicyclic amines) is 1. The Hall–Kier alpha value is -1.74. The van der Waals surface area contributed by atoms with E-state index in [1.165, 1.54) is 11.3 Å². The minimum Gasteiger partial charge on any atom is -0.356 e. The lowest BCUT2D eigenvalue weighted by atomic mass is 10.1. The van der Waals surface area contributed by atoms with Crippen LogP contribution in [0.3, 0.4) is 0 Å². The molecule has 3 rings (SSSR count). The van der Waals surface area contributed by atoms with Gasteiger partial charge in [-0.2, -0.15) is 0 Å². The summed E-state index contributed by atoms with van der Waals surface area (Å²) in [5.41, 5.74) is 1.90. The van der Waals surface area contributed by atoms with Gasteiger partial charge in [0.2, 0.25) is 0 Å². The molecule has 0 unspecified atom stereocenters. The van der Waals surface area contributed by atoms with Crippen molar-refractivity contribution in [1.29, 1.82) is 0 Å². The number of hydrogen-bond donors (Lipinski definition) is 2. The topological polar surface area (TPSA) is 56.7 Å². The van der Waals surface area contributed by atoms with Gasteiger partial charge in [-0.05, 0) is 49.1 Å². The molecular weight excluding hydrogens is 507 g/mol. The molecule has 30 heavy (non-hydrogen) atoms. The summed E-state index contributed by atoms with van der Waals surface area (Å²) in [5.74, 6) is 1.91. The number of thioether (sulfide) groups is 1. The fraction of sp³-hybridized carbons (Fsp3) is 0.391. The summed E-state index contributed by atoms with van der Waals surface area (Å²) in [6.45, 7) is 3.27. The van der Waals surface area contributed by atoms with Gasteiger partial charge in [0.05, 0.1) is 0 Å². The van der Waals surface area contributed by atoms with Crippen molar-refractivity contribution in [2.24, 2.45) is 4.99 Å². The van der Waals surface area contributed by atoms with Gasteiger partial charge in [0.15, 0.2) is 5.96 Å². The lowest BCUT2D eigenvalue weighted by Gasteiger charge is -2.26. The highest BCUT2D eigenvalue weighted by molar-refractivity contribution is 14.0.